The van der Waals surface area contributed by atoms with Gasteiger partial charge in [-0.3, -0.25) is 4.79 Å². The molecule has 118 valence electrons. The summed E-state index contributed by atoms with van der Waals surface area (Å²) in [6.45, 7) is 2.34. The van der Waals surface area contributed by atoms with E-state index in [1.165, 1.54) is 10.9 Å². The van der Waals surface area contributed by atoms with Gasteiger partial charge in [0.15, 0.2) is 6.10 Å². The van der Waals surface area contributed by atoms with Crippen LogP contribution in [0.2, 0.25) is 0 Å². The van der Waals surface area contributed by atoms with E-state index in [4.69, 9.17) is 4.74 Å². The number of H-pyrrole nitrogens is 1. The van der Waals surface area contributed by atoms with Crippen molar-refractivity contribution < 1.29 is 9.53 Å². The molecule has 0 saturated carbocycles. The minimum absolute atomic E-state index is 0.103. The predicted molar refractivity (Wildman–Crippen MR) is 91.5 cm³/mol. The second-order valence-corrected chi connectivity index (χ2v) is 5.47. The number of aromatic amines is 1. The second kappa shape index (κ2) is 7.01. The summed E-state index contributed by atoms with van der Waals surface area (Å²) in [6, 6.07) is 17.5. The van der Waals surface area contributed by atoms with Crippen molar-refractivity contribution in [3.8, 4) is 5.75 Å². The maximum Gasteiger partial charge on any atom is 0.260 e. The molecule has 1 atom stereocenters. The van der Waals surface area contributed by atoms with Gasteiger partial charge in [-0.2, -0.15) is 0 Å². The lowest BCUT2D eigenvalue weighted by Crippen LogP contribution is -2.37. The molecule has 4 nitrogen and oxygen atoms in total. The fourth-order valence-corrected chi connectivity index (χ4v) is 2.56. The highest BCUT2D eigenvalue weighted by atomic mass is 16.5. The van der Waals surface area contributed by atoms with Gasteiger partial charge in [0.05, 0.1) is 0 Å². The van der Waals surface area contributed by atoms with Crippen LogP contribution in [0.3, 0.4) is 0 Å². The van der Waals surface area contributed by atoms with Crippen LogP contribution in [0, 0.1) is 0 Å². The van der Waals surface area contributed by atoms with Crippen molar-refractivity contribution in [2.24, 2.45) is 0 Å². The molecule has 0 aliphatic rings. The predicted octanol–water partition coefficient (Wildman–Crippen LogP) is 3.29. The molecular weight excluding hydrogens is 288 g/mol. The van der Waals surface area contributed by atoms with E-state index in [1.54, 1.807) is 6.92 Å². The number of para-hydroxylation sites is 2. The van der Waals surface area contributed by atoms with Crippen LogP contribution in [0.15, 0.2) is 60.8 Å². The van der Waals surface area contributed by atoms with E-state index < -0.39 is 6.10 Å². The van der Waals surface area contributed by atoms with E-state index in [0.717, 1.165) is 11.9 Å². The number of aromatic nitrogens is 1. The van der Waals surface area contributed by atoms with Crippen LogP contribution in [-0.2, 0) is 11.2 Å². The standard InChI is InChI=1S/C19H20N2O2/c1-14(23-16-7-3-2-4-8-16)19(22)20-12-11-15-13-21-18-10-6-5-9-17(15)18/h2-10,13-14,21H,11-12H2,1H3,(H,20,22). The van der Waals surface area contributed by atoms with Crippen LogP contribution in [0.5, 0.6) is 5.75 Å². The van der Waals surface area contributed by atoms with Gasteiger partial charge in [0.25, 0.3) is 5.91 Å². The van der Waals surface area contributed by atoms with Crippen molar-refractivity contribution in [3.63, 3.8) is 0 Å². The van der Waals surface area contributed by atoms with Crippen molar-refractivity contribution in [1.82, 2.24) is 10.3 Å². The fourth-order valence-electron chi connectivity index (χ4n) is 2.56. The summed E-state index contributed by atoms with van der Waals surface area (Å²) < 4.78 is 5.62. The van der Waals surface area contributed by atoms with Gasteiger partial charge in [-0.1, -0.05) is 36.4 Å². The smallest absolute Gasteiger partial charge is 0.260 e. The summed E-state index contributed by atoms with van der Waals surface area (Å²) >= 11 is 0. The maximum atomic E-state index is 12.1. The molecule has 0 radical (unpaired) electrons. The number of benzene rings is 2. The van der Waals surface area contributed by atoms with Gasteiger partial charge in [-0.25, -0.2) is 0 Å². The van der Waals surface area contributed by atoms with E-state index in [2.05, 4.69) is 16.4 Å². The molecule has 3 aromatic rings. The normalized spacial score (nSPS) is 12.0. The van der Waals surface area contributed by atoms with Crippen molar-refractivity contribution in [2.75, 3.05) is 6.54 Å². The first-order chi connectivity index (χ1) is 11.2. The summed E-state index contributed by atoms with van der Waals surface area (Å²) in [6.07, 6.45) is 2.27. The molecule has 1 heterocycles. The van der Waals surface area contributed by atoms with Gasteiger partial charge in [0, 0.05) is 23.6 Å². The number of amides is 1. The molecule has 2 aromatic carbocycles. The van der Waals surface area contributed by atoms with Crippen molar-refractivity contribution in [3.05, 3.63) is 66.4 Å². The number of carbonyl (C=O) groups is 1. The zero-order chi connectivity index (χ0) is 16.1. The molecule has 0 aliphatic heterocycles. The highest BCUT2D eigenvalue weighted by molar-refractivity contribution is 5.83. The number of ether oxygens (including phenoxy) is 1. The van der Waals surface area contributed by atoms with Crippen LogP contribution in [0.25, 0.3) is 10.9 Å². The molecule has 23 heavy (non-hydrogen) atoms. The first-order valence-electron chi connectivity index (χ1n) is 7.78. The maximum absolute atomic E-state index is 12.1. The van der Waals surface area contributed by atoms with E-state index in [-0.39, 0.29) is 5.91 Å². The third kappa shape index (κ3) is 3.72. The quantitative estimate of drug-likeness (QED) is 0.734. The molecule has 0 bridgehead atoms. The minimum atomic E-state index is -0.514. The summed E-state index contributed by atoms with van der Waals surface area (Å²) in [4.78, 5) is 15.3. The number of hydrogen-bond acceptors (Lipinski definition) is 2. The lowest BCUT2D eigenvalue weighted by Gasteiger charge is -2.14. The topological polar surface area (TPSA) is 54.1 Å². The average molecular weight is 308 g/mol. The van der Waals surface area contributed by atoms with E-state index in [9.17, 15) is 4.79 Å². The van der Waals surface area contributed by atoms with Crippen LogP contribution >= 0.6 is 0 Å². The van der Waals surface area contributed by atoms with Gasteiger partial charge in [-0.05, 0) is 37.1 Å². The Morgan fingerprint density at radius 3 is 2.70 bits per heavy atom. The zero-order valence-electron chi connectivity index (χ0n) is 13.1. The Morgan fingerprint density at radius 2 is 1.87 bits per heavy atom. The molecule has 1 aromatic heterocycles. The molecular formula is C19H20N2O2. The Balaban J connectivity index is 1.51. The molecule has 1 amide bonds. The lowest BCUT2D eigenvalue weighted by molar-refractivity contribution is -0.127. The van der Waals surface area contributed by atoms with Gasteiger partial charge in [0.1, 0.15) is 5.75 Å². The SMILES string of the molecule is CC(Oc1ccccc1)C(=O)NCCc1c[nH]c2ccccc12. The van der Waals surface area contributed by atoms with Crippen LogP contribution in [0.1, 0.15) is 12.5 Å². The van der Waals surface area contributed by atoms with Gasteiger partial charge >= 0.3 is 0 Å². The second-order valence-electron chi connectivity index (χ2n) is 5.47. The van der Waals surface area contributed by atoms with Crippen LogP contribution in [0.4, 0.5) is 0 Å². The van der Waals surface area contributed by atoms with Crippen LogP contribution < -0.4 is 10.1 Å². The molecule has 2 N–H and O–H groups in total. The van der Waals surface area contributed by atoms with Crippen molar-refractivity contribution >= 4 is 16.8 Å². The van der Waals surface area contributed by atoms with E-state index >= 15 is 0 Å². The number of hydrogen-bond donors (Lipinski definition) is 2. The molecule has 3 rings (SSSR count). The Hall–Kier alpha value is -2.75. The Kier molecular flexibility index (Phi) is 4.62. The molecule has 4 heteroatoms. The van der Waals surface area contributed by atoms with E-state index in [1.807, 2.05) is 54.7 Å². The first kappa shape index (κ1) is 15.2. The number of fused-ring (bicyclic) bond motifs is 1. The highest BCUT2D eigenvalue weighted by Crippen LogP contribution is 2.17. The molecule has 0 spiro atoms. The van der Waals surface area contributed by atoms with Crippen LogP contribution in [-0.4, -0.2) is 23.5 Å². The summed E-state index contributed by atoms with van der Waals surface area (Å²) in [5.41, 5.74) is 2.33. The van der Waals surface area contributed by atoms with E-state index in [0.29, 0.717) is 12.3 Å². The number of carbonyl (C=O) groups excluding carboxylic acids is 1. The Morgan fingerprint density at radius 1 is 1.13 bits per heavy atom. The monoisotopic (exact) mass is 308 g/mol. The molecule has 0 saturated heterocycles. The summed E-state index contributed by atoms with van der Waals surface area (Å²) in [7, 11) is 0. The molecule has 0 aliphatic carbocycles. The Bertz CT molecular complexity index is 780. The summed E-state index contributed by atoms with van der Waals surface area (Å²) in [5, 5.41) is 4.13. The van der Waals surface area contributed by atoms with Gasteiger partial charge in [0.2, 0.25) is 0 Å². The Labute approximate surface area is 135 Å². The highest BCUT2D eigenvalue weighted by Gasteiger charge is 2.14. The third-order valence-electron chi connectivity index (χ3n) is 3.79. The minimum Gasteiger partial charge on any atom is -0.481 e. The van der Waals surface area contributed by atoms with Crippen molar-refractivity contribution in [2.45, 2.75) is 19.4 Å². The van der Waals surface area contributed by atoms with Gasteiger partial charge in [-0.15, -0.1) is 0 Å². The third-order valence-corrected chi connectivity index (χ3v) is 3.79. The summed E-state index contributed by atoms with van der Waals surface area (Å²) in [5.74, 6) is 0.598. The average Bonchev–Trinajstić information content (AvgIpc) is 2.99. The number of rotatable bonds is 6. The zero-order valence-corrected chi connectivity index (χ0v) is 13.1. The fraction of sp³-hybridized carbons (Fsp3) is 0.211. The van der Waals surface area contributed by atoms with Gasteiger partial charge < -0.3 is 15.0 Å². The molecule has 1 unspecified atom stereocenters. The lowest BCUT2D eigenvalue weighted by atomic mass is 10.1. The van der Waals surface area contributed by atoms with Crippen molar-refractivity contribution in [1.29, 1.82) is 0 Å². The number of nitrogens with one attached hydrogen (secondary N) is 2. The first-order valence-corrected chi connectivity index (χ1v) is 7.78. The molecule has 0 fully saturated rings. The largest absolute Gasteiger partial charge is 0.481 e.